The number of amides is 1. The summed E-state index contributed by atoms with van der Waals surface area (Å²) in [4.78, 5) is 42.1. The Morgan fingerprint density at radius 2 is 1.90 bits per heavy atom. The van der Waals surface area contributed by atoms with Crippen molar-refractivity contribution in [3.05, 3.63) is 81.3 Å². The summed E-state index contributed by atoms with van der Waals surface area (Å²) >= 11 is 0. The minimum Gasteiger partial charge on any atom is -0.334 e. The van der Waals surface area contributed by atoms with Crippen LogP contribution in [0.5, 0.6) is 0 Å². The number of benzene rings is 2. The summed E-state index contributed by atoms with van der Waals surface area (Å²) in [6, 6.07) is 14.0. The lowest BCUT2D eigenvalue weighted by molar-refractivity contribution is -0.117. The first kappa shape index (κ1) is 19.0. The van der Waals surface area contributed by atoms with Gasteiger partial charge in [0.1, 0.15) is 12.4 Å². The van der Waals surface area contributed by atoms with E-state index in [0.717, 1.165) is 47.6 Å². The zero-order valence-corrected chi connectivity index (χ0v) is 16.8. The number of aromatic nitrogens is 4. The van der Waals surface area contributed by atoms with Gasteiger partial charge in [-0.15, -0.1) is 0 Å². The monoisotopic (exact) mass is 415 g/mol. The van der Waals surface area contributed by atoms with Crippen LogP contribution in [0, 0.1) is 0 Å². The van der Waals surface area contributed by atoms with Crippen molar-refractivity contribution >= 4 is 22.4 Å². The lowest BCUT2D eigenvalue weighted by Gasteiger charge is -2.11. The number of anilines is 1. The number of hydrogen-bond acceptors (Lipinski definition) is 4. The Kier molecular flexibility index (Phi) is 4.74. The van der Waals surface area contributed by atoms with E-state index in [9.17, 15) is 14.4 Å². The van der Waals surface area contributed by atoms with E-state index >= 15 is 0 Å². The van der Waals surface area contributed by atoms with Crippen molar-refractivity contribution in [1.82, 2.24) is 19.3 Å². The number of fused-ring (bicyclic) bond motifs is 2. The number of aryl methyl sites for hydroxylation is 2. The molecule has 1 amide bonds. The number of nitrogens with zero attached hydrogens (tertiary/aromatic N) is 3. The summed E-state index contributed by atoms with van der Waals surface area (Å²) in [5, 5.41) is 5.86. The molecule has 1 aliphatic heterocycles. The van der Waals surface area contributed by atoms with Crippen LogP contribution in [-0.2, 0) is 24.3 Å². The van der Waals surface area contributed by atoms with Crippen LogP contribution in [0.3, 0.4) is 0 Å². The maximum absolute atomic E-state index is 12.6. The third-order valence-electron chi connectivity index (χ3n) is 5.54. The van der Waals surface area contributed by atoms with Gasteiger partial charge in [-0.2, -0.15) is 0 Å². The summed E-state index contributed by atoms with van der Waals surface area (Å²) < 4.78 is 3.22. The van der Waals surface area contributed by atoms with Crippen molar-refractivity contribution in [2.24, 2.45) is 0 Å². The zero-order valence-electron chi connectivity index (χ0n) is 16.8. The molecule has 8 heteroatoms. The summed E-state index contributed by atoms with van der Waals surface area (Å²) in [7, 11) is 0. The lowest BCUT2D eigenvalue weighted by atomic mass is 10.1. The van der Waals surface area contributed by atoms with Crippen molar-refractivity contribution in [3.63, 3.8) is 0 Å². The van der Waals surface area contributed by atoms with E-state index in [1.165, 1.54) is 0 Å². The number of imidazole rings is 1. The van der Waals surface area contributed by atoms with Crippen LogP contribution in [0.15, 0.2) is 64.3 Å². The highest BCUT2D eigenvalue weighted by Gasteiger charge is 2.14. The normalized spacial score (nSPS) is 13.2. The average molecular weight is 415 g/mol. The molecule has 2 aromatic heterocycles. The third-order valence-corrected chi connectivity index (χ3v) is 5.54. The Labute approximate surface area is 177 Å². The highest BCUT2D eigenvalue weighted by molar-refractivity contribution is 5.91. The van der Waals surface area contributed by atoms with Gasteiger partial charge in [-0.1, -0.05) is 24.3 Å². The quantitative estimate of drug-likeness (QED) is 0.535. The number of rotatable bonds is 4. The molecule has 4 aromatic rings. The highest BCUT2D eigenvalue weighted by Crippen LogP contribution is 2.24. The number of hydrogen-bond donors (Lipinski definition) is 2. The van der Waals surface area contributed by atoms with Crippen LogP contribution >= 0.6 is 0 Å². The Hall–Kier alpha value is -3.94. The maximum atomic E-state index is 12.6. The summed E-state index contributed by atoms with van der Waals surface area (Å²) in [5.41, 5.74) is 1.57. The lowest BCUT2D eigenvalue weighted by Crippen LogP contribution is -2.34. The standard InChI is InChI=1S/C23H21N5O3/c29-21(14-28-23(31)18-9-2-1-8-17(18)22(30)26-28)24-16-7-5-6-15(12-16)19-13-27-11-4-3-10-20(27)25-19/h1-2,5-9,12-13H,3-4,10-11,14H2,(H,24,29)(H,26,30). The minimum absolute atomic E-state index is 0.282. The topological polar surface area (TPSA) is 102 Å². The van der Waals surface area contributed by atoms with Crippen molar-refractivity contribution in [2.75, 3.05) is 5.32 Å². The average Bonchev–Trinajstić information content (AvgIpc) is 3.22. The number of nitrogens with one attached hydrogen (secondary N) is 2. The van der Waals surface area contributed by atoms with E-state index in [-0.39, 0.29) is 11.9 Å². The van der Waals surface area contributed by atoms with Gasteiger partial charge >= 0.3 is 0 Å². The summed E-state index contributed by atoms with van der Waals surface area (Å²) in [6.07, 6.45) is 5.35. The van der Waals surface area contributed by atoms with E-state index in [4.69, 9.17) is 4.98 Å². The molecule has 0 saturated heterocycles. The summed E-state index contributed by atoms with van der Waals surface area (Å²) in [5.74, 6) is 0.685. The van der Waals surface area contributed by atoms with Crippen molar-refractivity contribution in [2.45, 2.75) is 32.4 Å². The molecule has 8 nitrogen and oxygen atoms in total. The molecule has 0 saturated carbocycles. The first-order chi connectivity index (χ1) is 15.1. The Bertz CT molecular complexity index is 1390. The second-order valence-corrected chi connectivity index (χ2v) is 7.70. The van der Waals surface area contributed by atoms with Gasteiger partial charge in [0.25, 0.3) is 11.1 Å². The molecule has 5 rings (SSSR count). The largest absolute Gasteiger partial charge is 0.334 e. The number of carbonyl (C=O) groups is 1. The molecule has 0 radical (unpaired) electrons. The van der Waals surface area contributed by atoms with Gasteiger partial charge in [0.05, 0.1) is 16.5 Å². The molecule has 2 aromatic carbocycles. The molecule has 0 unspecified atom stereocenters. The van der Waals surface area contributed by atoms with Crippen molar-refractivity contribution < 1.29 is 4.79 Å². The SMILES string of the molecule is O=C(Cn1[nH]c(=O)c2ccccc2c1=O)Nc1cccc(-c2cn3c(n2)CCCC3)c1. The van der Waals surface area contributed by atoms with Gasteiger partial charge in [-0.25, -0.2) is 9.67 Å². The Morgan fingerprint density at radius 3 is 2.74 bits per heavy atom. The fraction of sp³-hybridized carbons (Fsp3) is 0.217. The van der Waals surface area contributed by atoms with Gasteiger partial charge in [0, 0.05) is 30.4 Å². The number of aromatic amines is 1. The van der Waals surface area contributed by atoms with Crippen LogP contribution in [0.2, 0.25) is 0 Å². The van der Waals surface area contributed by atoms with E-state index in [0.29, 0.717) is 11.1 Å². The first-order valence-corrected chi connectivity index (χ1v) is 10.3. The first-order valence-electron chi connectivity index (χ1n) is 10.3. The molecule has 0 aliphatic carbocycles. The van der Waals surface area contributed by atoms with E-state index in [1.54, 1.807) is 30.3 Å². The molecule has 0 atom stereocenters. The molecule has 31 heavy (non-hydrogen) atoms. The fourth-order valence-corrected chi connectivity index (χ4v) is 4.01. The number of carbonyl (C=O) groups excluding carboxylic acids is 1. The van der Waals surface area contributed by atoms with Crippen LogP contribution in [0.4, 0.5) is 5.69 Å². The van der Waals surface area contributed by atoms with Crippen LogP contribution in [-0.4, -0.2) is 25.2 Å². The highest BCUT2D eigenvalue weighted by atomic mass is 16.2. The molecule has 0 fully saturated rings. The zero-order chi connectivity index (χ0) is 21.4. The van der Waals surface area contributed by atoms with Gasteiger partial charge in [0.15, 0.2) is 0 Å². The molecule has 0 spiro atoms. The Morgan fingerprint density at radius 1 is 1.06 bits per heavy atom. The molecular formula is C23H21N5O3. The predicted octanol–water partition coefficient (Wildman–Crippen LogP) is 2.53. The van der Waals surface area contributed by atoms with E-state index in [1.807, 2.05) is 18.2 Å². The van der Waals surface area contributed by atoms with Gasteiger partial charge in [0.2, 0.25) is 5.91 Å². The van der Waals surface area contributed by atoms with Crippen LogP contribution < -0.4 is 16.4 Å². The molecule has 0 bridgehead atoms. The molecule has 3 heterocycles. The smallest absolute Gasteiger partial charge is 0.273 e. The van der Waals surface area contributed by atoms with Gasteiger partial charge in [-0.05, 0) is 37.1 Å². The minimum atomic E-state index is -0.414. The molecule has 2 N–H and O–H groups in total. The summed E-state index contributed by atoms with van der Waals surface area (Å²) in [6.45, 7) is 0.694. The molecule has 156 valence electrons. The Balaban J connectivity index is 1.37. The second kappa shape index (κ2) is 7.71. The van der Waals surface area contributed by atoms with Crippen molar-refractivity contribution in [3.8, 4) is 11.3 Å². The number of H-pyrrole nitrogens is 1. The molecule has 1 aliphatic rings. The predicted molar refractivity (Wildman–Crippen MR) is 118 cm³/mol. The second-order valence-electron chi connectivity index (χ2n) is 7.70. The van der Waals surface area contributed by atoms with E-state index in [2.05, 4.69) is 21.2 Å². The third kappa shape index (κ3) is 3.68. The van der Waals surface area contributed by atoms with Crippen LogP contribution in [0.1, 0.15) is 18.7 Å². The van der Waals surface area contributed by atoms with Crippen LogP contribution in [0.25, 0.3) is 22.0 Å². The fourth-order valence-electron chi connectivity index (χ4n) is 4.01. The van der Waals surface area contributed by atoms with Gasteiger partial charge < -0.3 is 9.88 Å². The van der Waals surface area contributed by atoms with Crippen molar-refractivity contribution in [1.29, 1.82) is 0 Å². The maximum Gasteiger partial charge on any atom is 0.273 e. The van der Waals surface area contributed by atoms with Gasteiger partial charge in [-0.3, -0.25) is 19.5 Å². The molecular weight excluding hydrogens is 394 g/mol. The van der Waals surface area contributed by atoms with E-state index < -0.39 is 17.0 Å².